The Kier molecular flexibility index (Phi) is 5.87. The molecule has 2 saturated heterocycles. The Morgan fingerprint density at radius 1 is 1.02 bits per heavy atom. The third-order valence-corrected chi connectivity index (χ3v) is 11.1. The summed E-state index contributed by atoms with van der Waals surface area (Å²) >= 11 is 0. The number of rotatable bonds is 3. The van der Waals surface area contributed by atoms with Crippen LogP contribution in [0.15, 0.2) is 18.7 Å². The quantitative estimate of drug-likeness (QED) is 0.446. The van der Waals surface area contributed by atoms with E-state index in [-0.39, 0.29) is 35.2 Å². The number of hydrogen-bond donors (Lipinski definition) is 0. The Morgan fingerprint density at radius 3 is 2.37 bits per heavy atom. The van der Waals surface area contributed by atoms with E-state index in [1.54, 1.807) is 9.80 Å². The number of halogens is 3. The summed E-state index contributed by atoms with van der Waals surface area (Å²) in [6, 6.07) is -0.470. The van der Waals surface area contributed by atoms with Crippen molar-refractivity contribution in [3.63, 3.8) is 0 Å². The fraction of sp³-hybridized carbons (Fsp3) is 0.600. The zero-order valence-corrected chi connectivity index (χ0v) is 24.0. The number of anilines is 3. The molecule has 6 rings (SSSR count). The van der Waals surface area contributed by atoms with E-state index >= 15 is 0 Å². The van der Waals surface area contributed by atoms with E-state index in [0.717, 1.165) is 9.96 Å². The molecule has 3 atom stereocenters. The fourth-order valence-electron chi connectivity index (χ4n) is 6.08. The summed E-state index contributed by atoms with van der Waals surface area (Å²) in [4.78, 5) is 32.4. The van der Waals surface area contributed by atoms with Crippen molar-refractivity contribution in [1.82, 2.24) is 34.4 Å². The highest BCUT2D eigenvalue weighted by atomic mass is 32.2. The number of alkyl halides is 3. The highest BCUT2D eigenvalue weighted by Gasteiger charge is 2.57. The van der Waals surface area contributed by atoms with Gasteiger partial charge in [-0.25, -0.2) is 23.4 Å². The van der Waals surface area contributed by atoms with Gasteiger partial charge in [-0.15, -0.1) is 10.2 Å². The molecule has 3 aliphatic rings. The topological polar surface area (TPSA) is 130 Å². The van der Waals surface area contributed by atoms with Crippen LogP contribution < -0.4 is 9.80 Å². The van der Waals surface area contributed by atoms with Gasteiger partial charge in [-0.3, -0.25) is 9.20 Å². The van der Waals surface area contributed by atoms with Crippen LogP contribution in [-0.2, 0) is 26.2 Å². The molecular formula is C25H30F3N9O3S. The van der Waals surface area contributed by atoms with Crippen molar-refractivity contribution in [3.05, 3.63) is 30.1 Å². The lowest BCUT2D eigenvalue weighted by Crippen LogP contribution is -2.66. The maximum Gasteiger partial charge on any atom is 0.452 e. The SMILES string of the molecule is C[C@@H]1CN(c2ncnc3c2C(C)(C)CN3c2cn3c(C(F)(F)F)nnc3cn2)[C@@H](C)CN1C(=O)[C@@]1(C)CCS1(=O)=O. The van der Waals surface area contributed by atoms with Gasteiger partial charge in [0.05, 0.1) is 18.1 Å². The monoisotopic (exact) mass is 593 g/mol. The molecule has 3 aliphatic heterocycles. The van der Waals surface area contributed by atoms with E-state index in [0.29, 0.717) is 37.7 Å². The molecule has 16 heteroatoms. The van der Waals surface area contributed by atoms with Crippen LogP contribution in [0.1, 0.15) is 52.4 Å². The van der Waals surface area contributed by atoms with Crippen LogP contribution in [0, 0.1) is 0 Å². The van der Waals surface area contributed by atoms with Gasteiger partial charge in [0.15, 0.2) is 21.3 Å². The van der Waals surface area contributed by atoms with E-state index in [4.69, 9.17) is 0 Å². The molecule has 6 heterocycles. The zero-order chi connectivity index (χ0) is 29.7. The maximum absolute atomic E-state index is 13.5. The standard InChI is InChI=1S/C25H30F3N9O3S/c1-14-10-35(22(38)24(5)6-7-41(24,39)40)15(2)9-34(14)19-18-20(31-13-30-19)37(12-23(18,3)4)17-11-36-16(8-29-17)32-33-21(36)25(26,27)28/h8,11,13-15H,6-7,9-10,12H2,1-5H3/t14-,15+,24+/m0/s1. The summed E-state index contributed by atoms with van der Waals surface area (Å²) in [6.07, 6.45) is -0.453. The molecule has 0 radical (unpaired) electrons. The van der Waals surface area contributed by atoms with E-state index < -0.39 is 32.0 Å². The molecule has 0 aliphatic carbocycles. The molecule has 0 unspecified atom stereocenters. The Balaban J connectivity index is 1.34. The van der Waals surface area contributed by atoms with Crippen molar-refractivity contribution < 1.29 is 26.4 Å². The first kappa shape index (κ1) is 27.6. The largest absolute Gasteiger partial charge is 0.452 e. The summed E-state index contributed by atoms with van der Waals surface area (Å²) in [5, 5.41) is 6.87. The summed E-state index contributed by atoms with van der Waals surface area (Å²) in [5.41, 5.74) is 0.280. The molecular weight excluding hydrogens is 563 g/mol. The average Bonchev–Trinajstić information content (AvgIpc) is 3.46. The second-order valence-corrected chi connectivity index (χ2v) is 14.5. The van der Waals surface area contributed by atoms with Crippen molar-refractivity contribution in [2.45, 2.75) is 69.5 Å². The van der Waals surface area contributed by atoms with Gasteiger partial charge in [0.25, 0.3) is 0 Å². The van der Waals surface area contributed by atoms with Gasteiger partial charge in [-0.05, 0) is 27.2 Å². The van der Waals surface area contributed by atoms with Crippen LogP contribution in [-0.4, -0.2) is 91.0 Å². The summed E-state index contributed by atoms with van der Waals surface area (Å²) in [7, 11) is -3.46. The minimum absolute atomic E-state index is 0.0223. The molecule has 0 saturated carbocycles. The summed E-state index contributed by atoms with van der Waals surface area (Å²) in [5.74, 6) is -0.0364. The van der Waals surface area contributed by atoms with Crippen molar-refractivity contribution in [2.24, 2.45) is 0 Å². The Hall–Kier alpha value is -3.56. The zero-order valence-electron chi connectivity index (χ0n) is 23.2. The number of sulfone groups is 1. The molecule has 3 aromatic rings. The minimum atomic E-state index is -4.69. The first-order valence-corrected chi connectivity index (χ1v) is 14.9. The smallest absolute Gasteiger partial charge is 0.350 e. The number of hydrogen-bond acceptors (Lipinski definition) is 10. The Bertz CT molecular complexity index is 1680. The van der Waals surface area contributed by atoms with Crippen LogP contribution in [0.3, 0.4) is 0 Å². The van der Waals surface area contributed by atoms with Crippen LogP contribution in [0.5, 0.6) is 0 Å². The molecule has 0 aromatic carbocycles. The molecule has 0 N–H and O–H groups in total. The number of amides is 1. The van der Waals surface area contributed by atoms with Gasteiger partial charge in [0.2, 0.25) is 11.7 Å². The maximum atomic E-state index is 13.5. The molecule has 12 nitrogen and oxygen atoms in total. The average molecular weight is 594 g/mol. The van der Waals surface area contributed by atoms with E-state index in [1.165, 1.54) is 25.6 Å². The number of aromatic nitrogens is 6. The summed E-state index contributed by atoms with van der Waals surface area (Å²) in [6.45, 7) is 10.5. The third kappa shape index (κ3) is 4.04. The van der Waals surface area contributed by atoms with Crippen LogP contribution in [0.25, 0.3) is 5.65 Å². The van der Waals surface area contributed by atoms with Gasteiger partial charge in [0, 0.05) is 42.7 Å². The molecule has 0 bridgehead atoms. The predicted octanol–water partition coefficient (Wildman–Crippen LogP) is 2.37. The number of nitrogens with zero attached hydrogens (tertiary/aromatic N) is 9. The van der Waals surface area contributed by atoms with Gasteiger partial charge >= 0.3 is 6.18 Å². The van der Waals surface area contributed by atoms with Gasteiger partial charge in [-0.2, -0.15) is 13.2 Å². The number of fused-ring (bicyclic) bond motifs is 2. The van der Waals surface area contributed by atoms with Crippen LogP contribution in [0.4, 0.5) is 30.6 Å². The summed E-state index contributed by atoms with van der Waals surface area (Å²) < 4.78 is 64.9. The first-order chi connectivity index (χ1) is 19.0. The molecule has 1 amide bonds. The van der Waals surface area contributed by atoms with Crippen molar-refractivity contribution in [1.29, 1.82) is 0 Å². The number of piperazine rings is 1. The lowest BCUT2D eigenvalue weighted by atomic mass is 9.87. The molecule has 220 valence electrons. The number of carbonyl (C=O) groups excluding carboxylic acids is 1. The normalized spacial score (nSPS) is 27.2. The fourth-order valence-corrected chi connectivity index (χ4v) is 7.61. The molecule has 3 aromatic heterocycles. The van der Waals surface area contributed by atoms with Crippen LogP contribution in [0.2, 0.25) is 0 Å². The molecule has 2 fully saturated rings. The van der Waals surface area contributed by atoms with Crippen molar-refractivity contribution in [2.75, 3.05) is 35.2 Å². The van der Waals surface area contributed by atoms with Gasteiger partial charge in [0.1, 0.15) is 22.7 Å². The first-order valence-electron chi connectivity index (χ1n) is 13.3. The van der Waals surface area contributed by atoms with E-state index in [1.807, 2.05) is 27.7 Å². The highest BCUT2D eigenvalue weighted by molar-refractivity contribution is 7.95. The highest BCUT2D eigenvalue weighted by Crippen LogP contribution is 2.47. The minimum Gasteiger partial charge on any atom is -0.350 e. The predicted molar refractivity (Wildman–Crippen MR) is 143 cm³/mol. The second kappa shape index (κ2) is 8.72. The second-order valence-electron chi connectivity index (χ2n) is 12.0. The number of carbonyl (C=O) groups is 1. The lowest BCUT2D eigenvalue weighted by Gasteiger charge is -2.49. The third-order valence-electron chi connectivity index (χ3n) is 8.61. The lowest BCUT2D eigenvalue weighted by molar-refractivity contribution is -0.145. The Morgan fingerprint density at radius 2 is 1.73 bits per heavy atom. The molecule has 41 heavy (non-hydrogen) atoms. The van der Waals surface area contributed by atoms with Gasteiger partial charge in [-0.1, -0.05) is 13.8 Å². The van der Waals surface area contributed by atoms with Crippen molar-refractivity contribution in [3.8, 4) is 0 Å². The van der Waals surface area contributed by atoms with Gasteiger partial charge < -0.3 is 14.7 Å². The van der Waals surface area contributed by atoms with E-state index in [2.05, 4.69) is 30.0 Å². The van der Waals surface area contributed by atoms with Crippen LogP contribution >= 0.6 is 0 Å². The van der Waals surface area contributed by atoms with E-state index in [9.17, 15) is 26.4 Å². The Labute approximate surface area is 234 Å². The molecule has 0 spiro atoms. The van der Waals surface area contributed by atoms with Crippen molar-refractivity contribution >= 4 is 38.8 Å².